The largest absolute Gasteiger partial charge is 0.398 e. The highest BCUT2D eigenvalue weighted by Gasteiger charge is 2.18. The molecule has 6 nitrogen and oxygen atoms in total. The van der Waals surface area contributed by atoms with Gasteiger partial charge in [0.05, 0.1) is 11.1 Å². The molecule has 0 aliphatic heterocycles. The minimum atomic E-state index is -0.743. The quantitative estimate of drug-likeness (QED) is 0.168. The molecule has 2 aromatic carbocycles. The first-order valence-corrected chi connectivity index (χ1v) is 14.6. The van der Waals surface area contributed by atoms with Crippen LogP contribution in [0.1, 0.15) is 57.3 Å². The number of hydrogen-bond acceptors (Lipinski definition) is 6. The molecule has 2 aliphatic rings. The maximum absolute atomic E-state index is 14.0. The van der Waals surface area contributed by atoms with Crippen molar-refractivity contribution in [3.05, 3.63) is 108 Å². The summed E-state index contributed by atoms with van der Waals surface area (Å²) in [5.41, 5.74) is 15.6. The molecule has 0 spiro atoms. The molecular formula is C32H27Cl3F2N6. The Kier molecular flexibility index (Phi) is 10.4. The van der Waals surface area contributed by atoms with Gasteiger partial charge in [-0.05, 0) is 110 Å². The molecule has 2 heterocycles. The van der Waals surface area contributed by atoms with Gasteiger partial charge in [0.1, 0.15) is 22.4 Å². The number of pyridine rings is 2. The van der Waals surface area contributed by atoms with Crippen LogP contribution in [0.2, 0.25) is 15.5 Å². The number of nitriles is 2. The van der Waals surface area contributed by atoms with E-state index < -0.39 is 11.6 Å². The van der Waals surface area contributed by atoms with Gasteiger partial charge in [-0.25, -0.2) is 18.7 Å². The number of fused-ring (bicyclic) bond motifs is 2. The Morgan fingerprint density at radius 3 is 1.88 bits per heavy atom. The Morgan fingerprint density at radius 2 is 1.26 bits per heavy atom. The molecular weight excluding hydrogens is 613 g/mol. The molecule has 2 aliphatic carbocycles. The zero-order chi connectivity index (χ0) is 31.3. The summed E-state index contributed by atoms with van der Waals surface area (Å²) in [7, 11) is 0. The van der Waals surface area contributed by atoms with Crippen molar-refractivity contribution in [2.24, 2.45) is 0 Å². The highest BCUT2D eigenvalue weighted by atomic mass is 35.5. The summed E-state index contributed by atoms with van der Waals surface area (Å²) in [6, 6.07) is 14.0. The van der Waals surface area contributed by atoms with E-state index >= 15 is 0 Å². The van der Waals surface area contributed by atoms with Gasteiger partial charge in [0.15, 0.2) is 22.6 Å². The van der Waals surface area contributed by atoms with Gasteiger partial charge in [0.2, 0.25) is 0 Å². The molecule has 2 aromatic heterocycles. The first kappa shape index (κ1) is 32.0. The van der Waals surface area contributed by atoms with Crippen LogP contribution in [0.3, 0.4) is 0 Å². The standard InChI is InChI=1S/C16H13ClFN3.C10H13N.C6HCl2FN2/c1-9-5-10-3-2-4-12(10)14(6-9)20-16-13(18)7-11(8-19)15(17)21-16;1-7-5-8-3-2-4-9(8)10(11)6-7;7-5-3(2-10)1-4(9)6(8)11-5/h5-7H,2-4H2,1H3,(H,20,21);5-6H,2-4,11H2,1H3;1H. The topological polar surface area (TPSA) is 111 Å². The van der Waals surface area contributed by atoms with Crippen molar-refractivity contribution in [2.75, 3.05) is 11.1 Å². The molecule has 3 N–H and O–H groups in total. The van der Waals surface area contributed by atoms with Crippen LogP contribution in [0.5, 0.6) is 0 Å². The maximum atomic E-state index is 14.0. The number of nitrogens with zero attached hydrogens (tertiary/aromatic N) is 4. The molecule has 0 saturated heterocycles. The van der Waals surface area contributed by atoms with Crippen LogP contribution in [0.15, 0.2) is 36.4 Å². The Labute approximate surface area is 264 Å². The number of nitrogens with two attached hydrogens (primary N) is 1. The molecule has 0 amide bonds. The van der Waals surface area contributed by atoms with Crippen LogP contribution in [0.4, 0.5) is 26.0 Å². The molecule has 11 heteroatoms. The van der Waals surface area contributed by atoms with Crippen molar-refractivity contribution in [3.8, 4) is 12.1 Å². The van der Waals surface area contributed by atoms with Crippen molar-refractivity contribution >= 4 is 52.0 Å². The number of anilines is 3. The normalized spacial score (nSPS) is 12.5. The van der Waals surface area contributed by atoms with E-state index in [4.69, 9.17) is 51.1 Å². The van der Waals surface area contributed by atoms with E-state index in [9.17, 15) is 8.78 Å². The summed E-state index contributed by atoms with van der Waals surface area (Å²) in [5.74, 6) is -1.27. The molecule has 6 rings (SSSR count). The highest BCUT2D eigenvalue weighted by Crippen LogP contribution is 2.33. The lowest BCUT2D eigenvalue weighted by molar-refractivity contribution is 0.621. The molecule has 0 radical (unpaired) electrons. The molecule has 0 fully saturated rings. The molecule has 220 valence electrons. The van der Waals surface area contributed by atoms with Crippen molar-refractivity contribution in [1.82, 2.24) is 9.97 Å². The van der Waals surface area contributed by atoms with Crippen LogP contribution < -0.4 is 11.1 Å². The van der Waals surface area contributed by atoms with E-state index in [0.717, 1.165) is 48.3 Å². The van der Waals surface area contributed by atoms with Crippen LogP contribution in [-0.2, 0) is 25.7 Å². The summed E-state index contributed by atoms with van der Waals surface area (Å²) < 4.78 is 26.6. The Balaban J connectivity index is 0.000000162. The van der Waals surface area contributed by atoms with Gasteiger partial charge in [-0.2, -0.15) is 10.5 Å². The van der Waals surface area contributed by atoms with Gasteiger partial charge < -0.3 is 11.1 Å². The average molecular weight is 640 g/mol. The first-order valence-electron chi connectivity index (χ1n) is 13.5. The molecule has 43 heavy (non-hydrogen) atoms. The fourth-order valence-electron chi connectivity index (χ4n) is 5.17. The van der Waals surface area contributed by atoms with Crippen molar-refractivity contribution in [1.29, 1.82) is 10.5 Å². The Hall–Kier alpha value is -3.95. The summed E-state index contributed by atoms with van der Waals surface area (Å²) in [6.45, 7) is 4.12. The van der Waals surface area contributed by atoms with Gasteiger partial charge in [-0.3, -0.25) is 0 Å². The molecule has 4 aromatic rings. The zero-order valence-corrected chi connectivity index (χ0v) is 25.7. The van der Waals surface area contributed by atoms with Gasteiger partial charge in [0, 0.05) is 11.4 Å². The Bertz CT molecular complexity index is 1780. The van der Waals surface area contributed by atoms with Crippen LogP contribution in [0, 0.1) is 48.1 Å². The number of rotatable bonds is 2. The molecule has 0 atom stereocenters. The predicted molar refractivity (Wildman–Crippen MR) is 167 cm³/mol. The van der Waals surface area contributed by atoms with Crippen molar-refractivity contribution < 1.29 is 8.78 Å². The number of aryl methyl sites for hydroxylation is 4. The predicted octanol–water partition coefficient (Wildman–Crippen LogP) is 8.75. The van der Waals surface area contributed by atoms with E-state index in [1.165, 1.54) is 47.1 Å². The minimum absolute atomic E-state index is 0.00528. The van der Waals surface area contributed by atoms with Crippen molar-refractivity contribution in [3.63, 3.8) is 0 Å². The Morgan fingerprint density at radius 1 is 0.721 bits per heavy atom. The average Bonchev–Trinajstić information content (AvgIpc) is 3.63. The number of aromatic nitrogens is 2. The van der Waals surface area contributed by atoms with Gasteiger partial charge in [0.25, 0.3) is 0 Å². The monoisotopic (exact) mass is 638 g/mol. The van der Waals surface area contributed by atoms with Crippen LogP contribution in [0.25, 0.3) is 0 Å². The van der Waals surface area contributed by atoms with Gasteiger partial charge in [-0.1, -0.05) is 46.9 Å². The van der Waals surface area contributed by atoms with Gasteiger partial charge >= 0.3 is 0 Å². The maximum Gasteiger partial charge on any atom is 0.168 e. The number of nitrogen functional groups attached to an aromatic ring is 1. The summed E-state index contributed by atoms with van der Waals surface area (Å²) in [5, 5.41) is 19.8. The van der Waals surface area contributed by atoms with Crippen LogP contribution >= 0.6 is 34.8 Å². The second-order valence-electron chi connectivity index (χ2n) is 10.3. The van der Waals surface area contributed by atoms with E-state index in [1.54, 1.807) is 6.07 Å². The van der Waals surface area contributed by atoms with E-state index in [1.807, 2.05) is 19.1 Å². The van der Waals surface area contributed by atoms with Crippen LogP contribution in [-0.4, -0.2) is 9.97 Å². The lowest BCUT2D eigenvalue weighted by Gasteiger charge is -2.13. The number of benzene rings is 2. The lowest BCUT2D eigenvalue weighted by Crippen LogP contribution is -2.02. The minimum Gasteiger partial charge on any atom is -0.398 e. The van der Waals surface area contributed by atoms with E-state index in [0.29, 0.717) is 0 Å². The number of halogens is 5. The van der Waals surface area contributed by atoms with Crippen molar-refractivity contribution in [2.45, 2.75) is 52.4 Å². The molecule has 0 bridgehead atoms. The molecule has 0 unspecified atom stereocenters. The summed E-state index contributed by atoms with van der Waals surface area (Å²) in [4.78, 5) is 7.33. The molecule has 0 saturated carbocycles. The third kappa shape index (κ3) is 7.72. The summed E-state index contributed by atoms with van der Waals surface area (Å²) >= 11 is 16.6. The highest BCUT2D eigenvalue weighted by molar-refractivity contribution is 6.33. The van der Waals surface area contributed by atoms with E-state index in [2.05, 4.69) is 40.4 Å². The lowest BCUT2D eigenvalue weighted by atomic mass is 10.0. The third-order valence-electron chi connectivity index (χ3n) is 7.06. The number of hydrogen-bond donors (Lipinski definition) is 2. The summed E-state index contributed by atoms with van der Waals surface area (Å²) in [6.07, 6.45) is 6.82. The van der Waals surface area contributed by atoms with Gasteiger partial charge in [-0.15, -0.1) is 0 Å². The fourth-order valence-corrected chi connectivity index (χ4v) is 5.71. The third-order valence-corrected chi connectivity index (χ3v) is 7.91. The second kappa shape index (κ2) is 14.0. The smallest absolute Gasteiger partial charge is 0.168 e. The second-order valence-corrected chi connectivity index (χ2v) is 11.3. The van der Waals surface area contributed by atoms with E-state index in [-0.39, 0.29) is 32.4 Å². The first-order chi connectivity index (χ1) is 20.5. The fraction of sp³-hybridized carbons (Fsp3) is 0.250. The number of nitrogens with one attached hydrogen (secondary N) is 1. The SMILES string of the molecule is Cc1cc(N)c2c(c1)CCC2.Cc1cc2c(c(Nc3nc(Cl)c(C#N)cc3F)c1)CCC2.N#Cc1cc(F)c(Cl)nc1Cl. The zero-order valence-electron chi connectivity index (χ0n) is 23.5.